The molecule has 42 heavy (non-hydrogen) atoms. The molecule has 0 N–H and O–H groups in total. The number of aromatic nitrogens is 2. The van der Waals surface area contributed by atoms with Crippen molar-refractivity contribution in [1.82, 2.24) is 9.13 Å². The molecule has 4 heteroatoms. The van der Waals surface area contributed by atoms with Crippen LogP contribution < -0.4 is 0 Å². The number of rotatable bonds is 2. The Morgan fingerprint density at radius 2 is 1.02 bits per heavy atom. The van der Waals surface area contributed by atoms with Gasteiger partial charge in [0.25, 0.3) is 0 Å². The van der Waals surface area contributed by atoms with Gasteiger partial charge in [-0.25, -0.2) is 0 Å². The maximum absolute atomic E-state index is 2.53. The molecular formula is C38H22N2S2. The normalized spacial score (nSPS) is 12.3. The summed E-state index contributed by atoms with van der Waals surface area (Å²) in [6.07, 6.45) is 0. The number of benzene rings is 6. The molecule has 0 aliphatic rings. The molecule has 0 saturated carbocycles. The van der Waals surface area contributed by atoms with Crippen molar-refractivity contribution in [2.45, 2.75) is 0 Å². The van der Waals surface area contributed by atoms with Crippen LogP contribution in [0, 0.1) is 0 Å². The molecule has 0 unspecified atom stereocenters. The Labute approximate surface area is 248 Å². The van der Waals surface area contributed by atoms with Gasteiger partial charge in [-0.05, 0) is 81.5 Å². The first-order chi connectivity index (χ1) is 20.8. The third-order valence-corrected chi connectivity index (χ3v) is 10.8. The molecule has 0 radical (unpaired) electrons. The second-order valence-electron chi connectivity index (χ2n) is 11.0. The predicted octanol–water partition coefficient (Wildman–Crippen LogP) is 11.5. The van der Waals surface area contributed by atoms with E-state index in [2.05, 4.69) is 142 Å². The first kappa shape index (κ1) is 22.8. The molecular weight excluding hydrogens is 549 g/mol. The van der Waals surface area contributed by atoms with Gasteiger partial charge >= 0.3 is 0 Å². The molecule has 0 amide bonds. The first-order valence-electron chi connectivity index (χ1n) is 14.2. The summed E-state index contributed by atoms with van der Waals surface area (Å²) in [7, 11) is 0. The van der Waals surface area contributed by atoms with E-state index in [9.17, 15) is 0 Å². The second kappa shape index (κ2) is 8.32. The SMILES string of the molecule is c1ccc(-n2c3cc4ccccc4cc3c3c4c5cc6ccccc6cc5n(-c5cccc6sccc56)c4sc32)cc1. The highest BCUT2D eigenvalue weighted by molar-refractivity contribution is 7.25. The van der Waals surface area contributed by atoms with Crippen LogP contribution in [0.5, 0.6) is 0 Å². The number of thiophene rings is 2. The maximum Gasteiger partial charge on any atom is 0.111 e. The summed E-state index contributed by atoms with van der Waals surface area (Å²) in [4.78, 5) is 2.58. The van der Waals surface area contributed by atoms with Gasteiger partial charge in [-0.3, -0.25) is 0 Å². The molecule has 4 aromatic heterocycles. The van der Waals surface area contributed by atoms with E-state index in [-0.39, 0.29) is 0 Å². The van der Waals surface area contributed by atoms with E-state index >= 15 is 0 Å². The highest BCUT2D eigenvalue weighted by Crippen LogP contribution is 2.49. The first-order valence-corrected chi connectivity index (χ1v) is 15.9. The largest absolute Gasteiger partial charge is 0.301 e. The quantitative estimate of drug-likeness (QED) is 0.196. The van der Waals surface area contributed by atoms with E-state index in [0.29, 0.717) is 0 Å². The average Bonchev–Trinajstić information content (AvgIpc) is 3.79. The monoisotopic (exact) mass is 570 g/mol. The van der Waals surface area contributed by atoms with Crippen molar-refractivity contribution >= 4 is 96.5 Å². The van der Waals surface area contributed by atoms with Gasteiger partial charge < -0.3 is 9.13 Å². The zero-order valence-electron chi connectivity index (χ0n) is 22.4. The molecule has 0 spiro atoms. The van der Waals surface area contributed by atoms with Crippen molar-refractivity contribution in [1.29, 1.82) is 0 Å². The smallest absolute Gasteiger partial charge is 0.111 e. The van der Waals surface area contributed by atoms with Crippen LogP contribution in [0.15, 0.2) is 133 Å². The van der Waals surface area contributed by atoms with E-state index in [1.165, 1.54) is 85.2 Å². The predicted molar refractivity (Wildman–Crippen MR) is 183 cm³/mol. The zero-order valence-corrected chi connectivity index (χ0v) is 24.0. The van der Waals surface area contributed by atoms with Crippen LogP contribution in [0.3, 0.4) is 0 Å². The molecule has 2 nitrogen and oxygen atoms in total. The summed E-state index contributed by atoms with van der Waals surface area (Å²) in [6.45, 7) is 0. The van der Waals surface area contributed by atoms with Crippen LogP contribution in [-0.2, 0) is 0 Å². The molecule has 0 fully saturated rings. The van der Waals surface area contributed by atoms with Crippen LogP contribution in [0.25, 0.3) is 85.2 Å². The molecule has 0 aliphatic carbocycles. The standard InChI is InChI=1S/C38H22N2S2/c1-2-13-27(14-3-1)39-32-21-25-11-6-4-9-23(25)19-29(32)35-36-30-20-24-10-5-7-12-26(24)22-33(30)40(38(36)42-37(35)39)31-15-8-16-34-28(31)17-18-41-34/h1-22H. The fourth-order valence-electron chi connectivity index (χ4n) is 6.91. The van der Waals surface area contributed by atoms with E-state index in [0.717, 1.165) is 0 Å². The molecule has 0 saturated heterocycles. The van der Waals surface area contributed by atoms with Gasteiger partial charge in [-0.15, -0.1) is 11.3 Å². The van der Waals surface area contributed by atoms with E-state index in [4.69, 9.17) is 0 Å². The Hall–Kier alpha value is -4.90. The minimum absolute atomic E-state index is 1.19. The van der Waals surface area contributed by atoms with Crippen LogP contribution in [0.4, 0.5) is 0 Å². The minimum Gasteiger partial charge on any atom is -0.301 e. The van der Waals surface area contributed by atoms with Gasteiger partial charge in [0, 0.05) is 37.3 Å². The lowest BCUT2D eigenvalue weighted by atomic mass is 10.0. The van der Waals surface area contributed by atoms with Gasteiger partial charge in [0.2, 0.25) is 0 Å². The van der Waals surface area contributed by atoms with Gasteiger partial charge in [-0.2, -0.15) is 0 Å². The molecule has 0 aliphatic heterocycles. The summed E-state index contributed by atoms with van der Waals surface area (Å²) in [5, 5.41) is 13.9. The Kier molecular flexibility index (Phi) is 4.51. The summed E-state index contributed by atoms with van der Waals surface area (Å²) < 4.78 is 6.32. The molecule has 4 heterocycles. The minimum atomic E-state index is 1.19. The lowest BCUT2D eigenvalue weighted by Gasteiger charge is -2.10. The average molecular weight is 571 g/mol. The Morgan fingerprint density at radius 3 is 1.69 bits per heavy atom. The van der Waals surface area contributed by atoms with Crippen molar-refractivity contribution in [3.8, 4) is 11.4 Å². The zero-order chi connectivity index (χ0) is 27.4. The number of nitrogens with zero attached hydrogens (tertiary/aromatic N) is 2. The summed E-state index contributed by atoms with van der Waals surface area (Å²) in [6, 6.07) is 46.9. The number of hydrogen-bond acceptors (Lipinski definition) is 2. The molecule has 0 bridgehead atoms. The van der Waals surface area contributed by atoms with Gasteiger partial charge in [0.1, 0.15) is 9.66 Å². The van der Waals surface area contributed by atoms with E-state index in [1.54, 1.807) is 0 Å². The highest BCUT2D eigenvalue weighted by atomic mass is 32.1. The summed E-state index contributed by atoms with van der Waals surface area (Å²) in [5.74, 6) is 0. The van der Waals surface area contributed by atoms with E-state index < -0.39 is 0 Å². The fourth-order valence-corrected chi connectivity index (χ4v) is 9.12. The summed E-state index contributed by atoms with van der Waals surface area (Å²) in [5.41, 5.74) is 4.95. The lowest BCUT2D eigenvalue weighted by Crippen LogP contribution is -1.94. The second-order valence-corrected chi connectivity index (χ2v) is 12.9. The van der Waals surface area contributed by atoms with Crippen molar-refractivity contribution in [3.63, 3.8) is 0 Å². The highest BCUT2D eigenvalue weighted by Gasteiger charge is 2.25. The third-order valence-electron chi connectivity index (χ3n) is 8.75. The Morgan fingerprint density at radius 1 is 0.452 bits per heavy atom. The number of fused-ring (bicyclic) bond motifs is 10. The van der Waals surface area contributed by atoms with Crippen LogP contribution in [0.1, 0.15) is 0 Å². The Balaban J connectivity index is 1.48. The number of para-hydroxylation sites is 1. The van der Waals surface area contributed by atoms with Crippen molar-refractivity contribution in [2.75, 3.05) is 0 Å². The van der Waals surface area contributed by atoms with Crippen molar-refractivity contribution in [3.05, 3.63) is 133 Å². The van der Waals surface area contributed by atoms with Crippen molar-refractivity contribution < 1.29 is 0 Å². The van der Waals surface area contributed by atoms with Crippen molar-refractivity contribution in [2.24, 2.45) is 0 Å². The molecule has 0 atom stereocenters. The summed E-state index contributed by atoms with van der Waals surface area (Å²) >= 11 is 3.72. The topological polar surface area (TPSA) is 9.86 Å². The fraction of sp³-hybridized carbons (Fsp3) is 0. The maximum atomic E-state index is 2.53. The molecule has 10 aromatic rings. The van der Waals surface area contributed by atoms with Crippen LogP contribution >= 0.6 is 22.7 Å². The lowest BCUT2D eigenvalue weighted by molar-refractivity contribution is 1.20. The van der Waals surface area contributed by atoms with Gasteiger partial charge in [0.15, 0.2) is 0 Å². The molecule has 6 aromatic carbocycles. The van der Waals surface area contributed by atoms with Crippen LogP contribution in [-0.4, -0.2) is 9.13 Å². The van der Waals surface area contributed by atoms with Gasteiger partial charge in [0.05, 0.1) is 16.7 Å². The van der Waals surface area contributed by atoms with E-state index in [1.807, 2.05) is 22.7 Å². The Bertz CT molecular complexity index is 2680. The van der Waals surface area contributed by atoms with Crippen LogP contribution in [0.2, 0.25) is 0 Å². The number of hydrogen-bond donors (Lipinski definition) is 0. The molecule has 10 rings (SSSR count). The third kappa shape index (κ3) is 2.98. The van der Waals surface area contributed by atoms with Gasteiger partial charge in [-0.1, -0.05) is 84.1 Å². The molecule has 196 valence electrons.